The molecule has 1 aromatic carbocycles. The summed E-state index contributed by atoms with van der Waals surface area (Å²) in [5, 5.41) is 0.700. The van der Waals surface area contributed by atoms with Crippen molar-refractivity contribution in [3.05, 3.63) is 51.4 Å². The smallest absolute Gasteiger partial charge is 0.256 e. The number of methoxy groups -OCH3 is 1. The van der Waals surface area contributed by atoms with Gasteiger partial charge in [-0.3, -0.25) is 9.69 Å². The maximum Gasteiger partial charge on any atom is 0.256 e. The number of H-pyrrole nitrogens is 1. The Morgan fingerprint density at radius 3 is 3.08 bits per heavy atom. The van der Waals surface area contributed by atoms with Gasteiger partial charge in [-0.1, -0.05) is 30.8 Å². The van der Waals surface area contributed by atoms with Crippen LogP contribution in [-0.4, -0.2) is 35.1 Å². The number of benzene rings is 1. The van der Waals surface area contributed by atoms with Crippen LogP contribution >= 0.6 is 11.8 Å². The second-order valence-electron chi connectivity index (χ2n) is 5.96. The predicted octanol–water partition coefficient (Wildman–Crippen LogP) is 2.84. The fraction of sp³-hybridized carbons (Fsp3) is 0.444. The maximum atomic E-state index is 12.4. The number of rotatable bonds is 6. The molecule has 2 heterocycles. The van der Waals surface area contributed by atoms with E-state index >= 15 is 0 Å². The number of nitrogens with one attached hydrogen (secondary N) is 1. The van der Waals surface area contributed by atoms with E-state index in [0.717, 1.165) is 54.3 Å². The maximum absolute atomic E-state index is 12.4. The molecule has 2 aromatic rings. The third kappa shape index (κ3) is 3.99. The van der Waals surface area contributed by atoms with Gasteiger partial charge in [0.1, 0.15) is 5.75 Å². The quantitative estimate of drug-likeness (QED) is 0.644. The molecule has 0 saturated carbocycles. The first kappa shape index (κ1) is 17.0. The number of aromatic amines is 1. The number of hydrogen-bond donors (Lipinski definition) is 1. The highest BCUT2D eigenvalue weighted by Crippen LogP contribution is 2.23. The Balaban J connectivity index is 1.71. The fourth-order valence-corrected chi connectivity index (χ4v) is 3.77. The molecule has 1 aliphatic heterocycles. The van der Waals surface area contributed by atoms with Gasteiger partial charge in [0.25, 0.3) is 5.56 Å². The Kier molecular flexibility index (Phi) is 5.58. The van der Waals surface area contributed by atoms with Crippen molar-refractivity contribution >= 4 is 11.8 Å². The highest BCUT2D eigenvalue weighted by molar-refractivity contribution is 7.98. The first-order chi connectivity index (χ1) is 11.7. The van der Waals surface area contributed by atoms with Crippen LogP contribution in [0.4, 0.5) is 0 Å². The average Bonchev–Trinajstić information content (AvgIpc) is 2.61. The summed E-state index contributed by atoms with van der Waals surface area (Å²) in [4.78, 5) is 22.3. The largest absolute Gasteiger partial charge is 0.497 e. The molecule has 1 aromatic heterocycles. The van der Waals surface area contributed by atoms with Gasteiger partial charge >= 0.3 is 0 Å². The van der Waals surface area contributed by atoms with Crippen molar-refractivity contribution in [2.24, 2.45) is 0 Å². The normalized spacial score (nSPS) is 14.4. The van der Waals surface area contributed by atoms with Crippen molar-refractivity contribution < 1.29 is 4.74 Å². The Morgan fingerprint density at radius 1 is 1.42 bits per heavy atom. The molecule has 0 spiro atoms. The van der Waals surface area contributed by atoms with Gasteiger partial charge in [0.15, 0.2) is 5.16 Å². The molecule has 1 N–H and O–H groups in total. The van der Waals surface area contributed by atoms with E-state index in [4.69, 9.17) is 4.74 Å². The zero-order valence-electron chi connectivity index (χ0n) is 14.2. The molecule has 3 rings (SSSR count). The monoisotopic (exact) mass is 345 g/mol. The summed E-state index contributed by atoms with van der Waals surface area (Å²) in [6.07, 6.45) is 1.96. The van der Waals surface area contributed by atoms with Gasteiger partial charge in [-0.2, -0.15) is 0 Å². The molecule has 0 amide bonds. The standard InChI is InChI=1S/C18H23N3O2S/c1-3-8-21-9-7-16-15(11-21)17(22)20-18(19-16)24-12-13-5-4-6-14(10-13)23-2/h4-6,10H,3,7-9,11-12H2,1-2H3,(H,19,20,22). The minimum Gasteiger partial charge on any atom is -0.497 e. The van der Waals surface area contributed by atoms with Crippen LogP contribution in [-0.2, 0) is 18.7 Å². The Morgan fingerprint density at radius 2 is 2.29 bits per heavy atom. The van der Waals surface area contributed by atoms with E-state index in [2.05, 4.69) is 27.9 Å². The lowest BCUT2D eigenvalue weighted by atomic mass is 10.1. The number of ether oxygens (including phenoxy) is 1. The predicted molar refractivity (Wildman–Crippen MR) is 96.7 cm³/mol. The van der Waals surface area contributed by atoms with E-state index in [-0.39, 0.29) is 5.56 Å². The van der Waals surface area contributed by atoms with Crippen LogP contribution in [0.5, 0.6) is 5.75 Å². The topological polar surface area (TPSA) is 58.2 Å². The molecule has 0 atom stereocenters. The van der Waals surface area contributed by atoms with E-state index in [1.165, 1.54) is 0 Å². The minimum absolute atomic E-state index is 0.00828. The number of fused-ring (bicyclic) bond motifs is 1. The van der Waals surface area contributed by atoms with E-state index in [9.17, 15) is 4.79 Å². The minimum atomic E-state index is 0.00828. The van der Waals surface area contributed by atoms with Crippen LogP contribution in [0, 0.1) is 0 Å². The summed E-state index contributed by atoms with van der Waals surface area (Å²) in [6, 6.07) is 7.95. The van der Waals surface area contributed by atoms with Gasteiger partial charge in [0, 0.05) is 25.3 Å². The molecule has 0 saturated heterocycles. The van der Waals surface area contributed by atoms with Crippen LogP contribution in [0.25, 0.3) is 0 Å². The van der Waals surface area contributed by atoms with Crippen LogP contribution < -0.4 is 10.3 Å². The Bertz CT molecular complexity index is 760. The third-order valence-corrected chi connectivity index (χ3v) is 5.12. The SMILES string of the molecule is CCCN1CCc2nc(SCc3cccc(OC)c3)[nH]c(=O)c2C1. The molecule has 0 bridgehead atoms. The molecule has 0 radical (unpaired) electrons. The summed E-state index contributed by atoms with van der Waals surface area (Å²) in [7, 11) is 1.66. The summed E-state index contributed by atoms with van der Waals surface area (Å²) in [5.74, 6) is 1.59. The van der Waals surface area contributed by atoms with Gasteiger partial charge in [-0.25, -0.2) is 4.98 Å². The number of hydrogen-bond acceptors (Lipinski definition) is 5. The highest BCUT2D eigenvalue weighted by atomic mass is 32.2. The molecule has 128 valence electrons. The van der Waals surface area contributed by atoms with Crippen molar-refractivity contribution in [1.29, 1.82) is 0 Å². The van der Waals surface area contributed by atoms with E-state index in [1.807, 2.05) is 18.2 Å². The molecule has 1 aliphatic rings. The second kappa shape index (κ2) is 7.85. The zero-order valence-corrected chi connectivity index (χ0v) is 15.0. The van der Waals surface area contributed by atoms with Crippen LogP contribution in [0.15, 0.2) is 34.2 Å². The van der Waals surface area contributed by atoms with E-state index in [1.54, 1.807) is 18.9 Å². The highest BCUT2D eigenvalue weighted by Gasteiger charge is 2.20. The Labute approximate surface area is 146 Å². The molecule has 0 fully saturated rings. The zero-order chi connectivity index (χ0) is 16.9. The first-order valence-corrected chi connectivity index (χ1v) is 9.28. The van der Waals surface area contributed by atoms with Gasteiger partial charge in [-0.05, 0) is 30.7 Å². The lowest BCUT2D eigenvalue weighted by Gasteiger charge is -2.27. The Hall–Kier alpha value is -1.79. The fourth-order valence-electron chi connectivity index (χ4n) is 2.95. The molecule has 0 aliphatic carbocycles. The molecule has 24 heavy (non-hydrogen) atoms. The van der Waals surface area contributed by atoms with Crippen LogP contribution in [0.3, 0.4) is 0 Å². The first-order valence-electron chi connectivity index (χ1n) is 8.29. The summed E-state index contributed by atoms with van der Waals surface area (Å²) >= 11 is 1.55. The number of nitrogens with zero attached hydrogens (tertiary/aromatic N) is 2. The second-order valence-corrected chi connectivity index (χ2v) is 6.93. The molecular weight excluding hydrogens is 322 g/mol. The molecule has 6 heteroatoms. The number of thioether (sulfide) groups is 1. The molecule has 5 nitrogen and oxygen atoms in total. The van der Waals surface area contributed by atoms with Crippen molar-refractivity contribution in [2.75, 3.05) is 20.2 Å². The van der Waals surface area contributed by atoms with E-state index < -0.39 is 0 Å². The van der Waals surface area contributed by atoms with E-state index in [0.29, 0.717) is 11.7 Å². The van der Waals surface area contributed by atoms with Crippen molar-refractivity contribution in [3.63, 3.8) is 0 Å². The third-order valence-electron chi connectivity index (χ3n) is 4.18. The van der Waals surface area contributed by atoms with Gasteiger partial charge in [-0.15, -0.1) is 0 Å². The summed E-state index contributed by atoms with van der Waals surface area (Å²) in [6.45, 7) is 4.89. The van der Waals surface area contributed by atoms with Crippen LogP contribution in [0.1, 0.15) is 30.2 Å². The van der Waals surface area contributed by atoms with Crippen LogP contribution in [0.2, 0.25) is 0 Å². The molecule has 0 unspecified atom stereocenters. The average molecular weight is 345 g/mol. The summed E-state index contributed by atoms with van der Waals surface area (Å²) < 4.78 is 5.24. The van der Waals surface area contributed by atoms with Gasteiger partial charge in [0.05, 0.1) is 18.4 Å². The lowest BCUT2D eigenvalue weighted by Crippen LogP contribution is -2.36. The lowest BCUT2D eigenvalue weighted by molar-refractivity contribution is 0.250. The molecular formula is C18H23N3O2S. The van der Waals surface area contributed by atoms with Crippen molar-refractivity contribution in [3.8, 4) is 5.75 Å². The number of aromatic nitrogens is 2. The van der Waals surface area contributed by atoms with Crippen molar-refractivity contribution in [2.45, 2.75) is 37.2 Å². The van der Waals surface area contributed by atoms with Gasteiger partial charge < -0.3 is 9.72 Å². The summed E-state index contributed by atoms with van der Waals surface area (Å²) in [5.41, 5.74) is 2.95. The van der Waals surface area contributed by atoms with Gasteiger partial charge in [0.2, 0.25) is 0 Å². The van der Waals surface area contributed by atoms with Crippen molar-refractivity contribution in [1.82, 2.24) is 14.9 Å².